The van der Waals surface area contributed by atoms with Crippen LogP contribution in [0.5, 0.6) is 0 Å². The van der Waals surface area contributed by atoms with Crippen LogP contribution in [-0.4, -0.2) is 67.1 Å². The number of amides is 3. The van der Waals surface area contributed by atoms with Gasteiger partial charge in [0.1, 0.15) is 23.0 Å². The van der Waals surface area contributed by atoms with Crippen molar-refractivity contribution in [2.45, 2.75) is 19.0 Å². The molecular formula is C32H29Cl2N9O4. The molecular weight excluding hydrogens is 645 g/mol. The average Bonchev–Trinajstić information content (AvgIpc) is 3.74. The molecule has 0 radical (unpaired) electrons. The summed E-state index contributed by atoms with van der Waals surface area (Å²) >= 11 is 12.8. The highest BCUT2D eigenvalue weighted by Gasteiger charge is 2.25. The highest BCUT2D eigenvalue weighted by molar-refractivity contribution is 6.32. The normalized spacial score (nSPS) is 11.7. The standard InChI is InChI=1S/C32H29Cl2N9O4/c1-42(18-20-6-4-3-5-7-20)28(45)17-25(31-38-29(30(34)39-31)21-8-12-24(13-9-21)36-32(46)47-2)37-27(44)15-10-22-16-23(33)11-14-26(22)43-19-35-40-41-43/h3-16,19,25H,17-18H2,1-2H3,(H,36,46)(H,37,44)(H,38,39)/b15-10+/t25-/m0/s1. The number of rotatable bonds is 11. The van der Waals surface area contributed by atoms with Gasteiger partial charge in [-0.25, -0.2) is 9.78 Å². The number of H-pyrrole nitrogens is 1. The summed E-state index contributed by atoms with van der Waals surface area (Å²) in [5.74, 6) is -0.447. The first-order valence-electron chi connectivity index (χ1n) is 14.2. The maximum Gasteiger partial charge on any atom is 0.411 e. The van der Waals surface area contributed by atoms with Gasteiger partial charge in [-0.05, 0) is 52.4 Å². The maximum absolute atomic E-state index is 13.4. The number of aromatic amines is 1. The van der Waals surface area contributed by atoms with Gasteiger partial charge in [0.2, 0.25) is 11.8 Å². The summed E-state index contributed by atoms with van der Waals surface area (Å²) in [4.78, 5) is 47.5. The third kappa shape index (κ3) is 8.60. The van der Waals surface area contributed by atoms with Gasteiger partial charge in [0.15, 0.2) is 0 Å². The fourth-order valence-electron chi connectivity index (χ4n) is 4.62. The SMILES string of the molecule is COC(=O)Nc1ccc(-c2nc([C@H](CC(=O)N(C)Cc3ccccc3)NC(=O)/C=C/c3cc(Cl)ccc3-n3cnnn3)[nH]c2Cl)cc1. The number of nitrogens with one attached hydrogen (secondary N) is 3. The molecule has 13 nitrogen and oxygen atoms in total. The molecule has 1 atom stereocenters. The van der Waals surface area contributed by atoms with Crippen molar-refractivity contribution >= 4 is 52.9 Å². The largest absolute Gasteiger partial charge is 0.453 e. The lowest BCUT2D eigenvalue weighted by Crippen LogP contribution is -2.34. The van der Waals surface area contributed by atoms with E-state index in [2.05, 4.69) is 40.9 Å². The molecule has 0 aliphatic heterocycles. The summed E-state index contributed by atoms with van der Waals surface area (Å²) in [6, 6.07) is 20.6. The van der Waals surface area contributed by atoms with Gasteiger partial charge in [-0.15, -0.1) is 5.10 Å². The van der Waals surface area contributed by atoms with Crippen LogP contribution in [-0.2, 0) is 20.9 Å². The zero-order chi connectivity index (χ0) is 33.3. The number of imidazole rings is 1. The molecule has 5 rings (SSSR count). The smallest absolute Gasteiger partial charge is 0.411 e. The Morgan fingerprint density at radius 2 is 1.83 bits per heavy atom. The maximum atomic E-state index is 13.4. The second-order valence-electron chi connectivity index (χ2n) is 10.3. The highest BCUT2D eigenvalue weighted by atomic mass is 35.5. The van der Waals surface area contributed by atoms with Gasteiger partial charge in [-0.3, -0.25) is 14.9 Å². The van der Waals surface area contributed by atoms with Gasteiger partial charge in [-0.1, -0.05) is 65.7 Å². The number of hydrogen-bond acceptors (Lipinski definition) is 8. The molecule has 0 bridgehead atoms. The number of carbonyl (C=O) groups excluding carboxylic acids is 3. The molecule has 0 unspecified atom stereocenters. The molecule has 0 aliphatic rings. The number of methoxy groups -OCH3 is 1. The fourth-order valence-corrected chi connectivity index (χ4v) is 5.05. The van der Waals surface area contributed by atoms with Crippen LogP contribution in [0.4, 0.5) is 10.5 Å². The molecule has 2 aromatic heterocycles. The summed E-state index contributed by atoms with van der Waals surface area (Å²) in [5, 5.41) is 17.4. The van der Waals surface area contributed by atoms with Crippen LogP contribution in [0.25, 0.3) is 23.0 Å². The summed E-state index contributed by atoms with van der Waals surface area (Å²) in [5.41, 5.74) is 3.70. The van der Waals surface area contributed by atoms with Crippen molar-refractivity contribution in [3.05, 3.63) is 112 Å². The Balaban J connectivity index is 1.39. The quantitative estimate of drug-likeness (QED) is 0.156. The number of aromatic nitrogens is 6. The second-order valence-corrected chi connectivity index (χ2v) is 11.1. The van der Waals surface area contributed by atoms with Crippen LogP contribution in [0, 0.1) is 0 Å². The third-order valence-electron chi connectivity index (χ3n) is 6.98. The molecule has 0 saturated carbocycles. The zero-order valence-corrected chi connectivity index (χ0v) is 26.7. The molecule has 0 spiro atoms. The number of carbonyl (C=O) groups is 3. The van der Waals surface area contributed by atoms with Crippen LogP contribution in [0.3, 0.4) is 0 Å². The molecule has 3 N–H and O–H groups in total. The molecule has 0 aliphatic carbocycles. The van der Waals surface area contributed by atoms with Crippen molar-refractivity contribution in [1.29, 1.82) is 0 Å². The van der Waals surface area contributed by atoms with Gasteiger partial charge in [0.05, 0.1) is 25.3 Å². The number of halogens is 2. The monoisotopic (exact) mass is 673 g/mol. The lowest BCUT2D eigenvalue weighted by molar-refractivity contribution is -0.131. The summed E-state index contributed by atoms with van der Waals surface area (Å²) in [6.45, 7) is 0.380. The number of ether oxygens (including phenoxy) is 1. The molecule has 0 saturated heterocycles. The van der Waals surface area contributed by atoms with Gasteiger partial charge in [-0.2, -0.15) is 4.68 Å². The topological polar surface area (TPSA) is 160 Å². The summed E-state index contributed by atoms with van der Waals surface area (Å²) in [7, 11) is 2.97. The minimum absolute atomic E-state index is 0.110. The first-order valence-corrected chi connectivity index (χ1v) is 15.0. The van der Waals surface area contributed by atoms with E-state index in [0.29, 0.717) is 39.8 Å². The van der Waals surface area contributed by atoms with E-state index in [4.69, 9.17) is 23.2 Å². The molecule has 3 amide bonds. The van der Waals surface area contributed by atoms with Gasteiger partial charge >= 0.3 is 6.09 Å². The average molecular weight is 675 g/mol. The second kappa shape index (κ2) is 15.2. The van der Waals surface area contributed by atoms with E-state index in [1.807, 2.05) is 30.3 Å². The molecule has 2 heterocycles. The predicted molar refractivity (Wildman–Crippen MR) is 177 cm³/mol. The Morgan fingerprint density at radius 1 is 1.06 bits per heavy atom. The number of hydrogen-bond donors (Lipinski definition) is 3. The first kappa shape index (κ1) is 32.9. The lowest BCUT2D eigenvalue weighted by Gasteiger charge is -2.21. The molecule has 15 heteroatoms. The van der Waals surface area contributed by atoms with Crippen molar-refractivity contribution in [2.24, 2.45) is 0 Å². The van der Waals surface area contributed by atoms with E-state index < -0.39 is 18.0 Å². The van der Waals surface area contributed by atoms with Crippen LogP contribution >= 0.6 is 23.2 Å². The van der Waals surface area contributed by atoms with E-state index in [1.165, 1.54) is 24.2 Å². The van der Waals surface area contributed by atoms with E-state index >= 15 is 0 Å². The molecule has 5 aromatic rings. The van der Waals surface area contributed by atoms with Crippen LogP contribution < -0.4 is 10.6 Å². The predicted octanol–water partition coefficient (Wildman–Crippen LogP) is 5.46. The van der Waals surface area contributed by atoms with Crippen LogP contribution in [0.2, 0.25) is 10.2 Å². The van der Waals surface area contributed by atoms with Crippen LogP contribution in [0.15, 0.2) is 85.2 Å². The summed E-state index contributed by atoms with van der Waals surface area (Å²) in [6.07, 6.45) is 3.61. The van der Waals surface area contributed by atoms with Crippen molar-refractivity contribution in [3.8, 4) is 16.9 Å². The molecule has 0 fully saturated rings. The molecule has 47 heavy (non-hydrogen) atoms. The highest BCUT2D eigenvalue weighted by Crippen LogP contribution is 2.30. The number of anilines is 1. The van der Waals surface area contributed by atoms with Crippen molar-refractivity contribution < 1.29 is 19.1 Å². The lowest BCUT2D eigenvalue weighted by atomic mass is 10.1. The Kier molecular flexibility index (Phi) is 10.6. The minimum atomic E-state index is -0.872. The Labute approximate surface area is 279 Å². The Bertz CT molecular complexity index is 1880. The number of tetrazole rings is 1. The molecule has 240 valence electrons. The van der Waals surface area contributed by atoms with Crippen molar-refractivity contribution in [2.75, 3.05) is 19.5 Å². The molecule has 3 aromatic carbocycles. The minimum Gasteiger partial charge on any atom is -0.453 e. The van der Waals surface area contributed by atoms with Crippen molar-refractivity contribution in [3.63, 3.8) is 0 Å². The van der Waals surface area contributed by atoms with E-state index in [1.54, 1.807) is 60.5 Å². The van der Waals surface area contributed by atoms with Gasteiger partial charge in [0, 0.05) is 41.5 Å². The number of benzene rings is 3. The van der Waals surface area contributed by atoms with E-state index in [0.717, 1.165) is 5.56 Å². The first-order chi connectivity index (χ1) is 22.7. The third-order valence-corrected chi connectivity index (χ3v) is 7.49. The van der Waals surface area contributed by atoms with Gasteiger partial charge in [0.25, 0.3) is 0 Å². The van der Waals surface area contributed by atoms with Gasteiger partial charge < -0.3 is 19.9 Å². The van der Waals surface area contributed by atoms with Crippen molar-refractivity contribution in [1.82, 2.24) is 40.4 Å². The Morgan fingerprint density at radius 3 is 2.53 bits per heavy atom. The number of nitrogens with zero attached hydrogens (tertiary/aromatic N) is 6. The Hall–Kier alpha value is -5.53. The van der Waals surface area contributed by atoms with E-state index in [-0.39, 0.29) is 23.3 Å². The van der Waals surface area contributed by atoms with Crippen LogP contribution in [0.1, 0.15) is 29.4 Å². The van der Waals surface area contributed by atoms with E-state index in [9.17, 15) is 14.4 Å². The fraction of sp³-hybridized carbons (Fsp3) is 0.156. The summed E-state index contributed by atoms with van der Waals surface area (Å²) < 4.78 is 6.07. The zero-order valence-electron chi connectivity index (χ0n) is 25.2.